The van der Waals surface area contributed by atoms with Gasteiger partial charge in [-0.2, -0.15) is 0 Å². The highest BCUT2D eigenvalue weighted by atomic mass is 16.6. The van der Waals surface area contributed by atoms with E-state index in [0.717, 1.165) is 58.2 Å². The third-order valence-electron chi connectivity index (χ3n) is 9.06. The summed E-state index contributed by atoms with van der Waals surface area (Å²) in [7, 11) is 0. The Kier molecular flexibility index (Phi) is 5.72. The molecule has 0 unspecified atom stereocenters. The first-order chi connectivity index (χ1) is 15.0. The quantitative estimate of drug-likeness (QED) is 0.544. The SMILES string of the molecule is C[C@]12CC[C@@H]3c4cc([N+](=O)[O-])c(OCCN5CCCCC5)cc4CC[C@H]3[C@@H]1CC[C@@H]2O. The monoisotopic (exact) mass is 428 g/mol. The molecule has 3 fully saturated rings. The van der Waals surface area contributed by atoms with Crippen molar-refractivity contribution in [3.63, 3.8) is 0 Å². The Morgan fingerprint density at radius 1 is 1.19 bits per heavy atom. The van der Waals surface area contributed by atoms with E-state index in [4.69, 9.17) is 4.74 Å². The predicted octanol–water partition coefficient (Wildman–Crippen LogP) is 4.68. The second-order valence-corrected chi connectivity index (χ2v) is 10.6. The zero-order valence-electron chi connectivity index (χ0n) is 18.7. The fourth-order valence-electron chi connectivity index (χ4n) is 7.29. The number of rotatable bonds is 5. The molecule has 4 aliphatic rings. The van der Waals surface area contributed by atoms with Gasteiger partial charge in [0.1, 0.15) is 6.61 Å². The van der Waals surface area contributed by atoms with Crippen LogP contribution in [0.25, 0.3) is 0 Å². The first kappa shape index (κ1) is 21.2. The maximum atomic E-state index is 11.9. The van der Waals surface area contributed by atoms with Gasteiger partial charge in [0.25, 0.3) is 0 Å². The third kappa shape index (κ3) is 3.76. The lowest BCUT2D eigenvalue weighted by atomic mass is 9.55. The Morgan fingerprint density at radius 3 is 2.77 bits per heavy atom. The fourth-order valence-corrected chi connectivity index (χ4v) is 7.29. The van der Waals surface area contributed by atoms with E-state index in [0.29, 0.717) is 30.1 Å². The maximum Gasteiger partial charge on any atom is 0.311 e. The molecule has 1 saturated heterocycles. The molecule has 6 nitrogen and oxygen atoms in total. The summed E-state index contributed by atoms with van der Waals surface area (Å²) in [5.41, 5.74) is 2.57. The number of nitro benzene ring substituents is 1. The van der Waals surface area contributed by atoms with Crippen LogP contribution in [0.3, 0.4) is 0 Å². The number of piperidine rings is 1. The number of nitrogens with zero attached hydrogens (tertiary/aromatic N) is 2. The molecule has 0 aromatic heterocycles. The molecule has 0 radical (unpaired) electrons. The number of fused-ring (bicyclic) bond motifs is 5. The van der Waals surface area contributed by atoms with Crippen LogP contribution in [0.5, 0.6) is 5.75 Å². The van der Waals surface area contributed by atoms with Gasteiger partial charge in [-0.3, -0.25) is 15.0 Å². The number of aryl methyl sites for hydroxylation is 1. The number of aliphatic hydroxyl groups is 1. The molecular weight excluding hydrogens is 392 g/mol. The van der Waals surface area contributed by atoms with Gasteiger partial charge in [0, 0.05) is 12.6 Å². The van der Waals surface area contributed by atoms with E-state index >= 15 is 0 Å². The van der Waals surface area contributed by atoms with Crippen molar-refractivity contribution >= 4 is 5.69 Å². The zero-order valence-corrected chi connectivity index (χ0v) is 18.7. The van der Waals surface area contributed by atoms with Crippen LogP contribution in [0.2, 0.25) is 0 Å². The molecular formula is C25H36N2O4. The van der Waals surface area contributed by atoms with Crippen LogP contribution in [0.4, 0.5) is 5.69 Å². The summed E-state index contributed by atoms with van der Waals surface area (Å²) in [4.78, 5) is 14.0. The summed E-state index contributed by atoms with van der Waals surface area (Å²) < 4.78 is 5.99. The van der Waals surface area contributed by atoms with Crippen molar-refractivity contribution in [3.05, 3.63) is 33.4 Å². The Labute approximate surface area is 185 Å². The number of likely N-dealkylation sites (tertiary alicyclic amines) is 1. The van der Waals surface area contributed by atoms with Crippen molar-refractivity contribution in [2.45, 2.75) is 76.7 Å². The van der Waals surface area contributed by atoms with Gasteiger partial charge >= 0.3 is 5.69 Å². The fraction of sp³-hybridized carbons (Fsp3) is 0.760. The standard InChI is InChI=1S/C25H36N2O4/c1-25-10-9-18-19(21(25)7-8-24(25)28)6-5-17-15-23(22(27(29)30)16-20(17)18)31-14-13-26-11-3-2-4-12-26/h15-16,18-19,21,24,28H,2-14H2,1H3/t18-,19+,21-,24-,25-/m0/s1. The molecule has 1 N–H and O–H groups in total. The Balaban J connectivity index is 1.35. The maximum absolute atomic E-state index is 11.9. The van der Waals surface area contributed by atoms with Gasteiger partial charge in [0.2, 0.25) is 0 Å². The van der Waals surface area contributed by atoms with E-state index in [2.05, 4.69) is 11.8 Å². The Bertz CT molecular complexity index is 837. The topological polar surface area (TPSA) is 75.8 Å². The number of hydrogen-bond acceptors (Lipinski definition) is 5. The number of benzene rings is 1. The highest BCUT2D eigenvalue weighted by Gasteiger charge is 2.54. The average molecular weight is 429 g/mol. The van der Waals surface area contributed by atoms with Crippen LogP contribution in [0, 0.1) is 27.4 Å². The van der Waals surface area contributed by atoms with E-state index < -0.39 is 0 Å². The number of ether oxygens (including phenoxy) is 1. The zero-order chi connectivity index (χ0) is 21.6. The van der Waals surface area contributed by atoms with Gasteiger partial charge in [-0.1, -0.05) is 13.3 Å². The van der Waals surface area contributed by atoms with E-state index in [9.17, 15) is 15.2 Å². The summed E-state index contributed by atoms with van der Waals surface area (Å²) >= 11 is 0. The number of hydrogen-bond donors (Lipinski definition) is 1. The largest absolute Gasteiger partial charge is 0.485 e. The summed E-state index contributed by atoms with van der Waals surface area (Å²) in [6.07, 6.45) is 9.69. The van der Waals surface area contributed by atoms with Crippen LogP contribution in [-0.4, -0.2) is 47.3 Å². The summed E-state index contributed by atoms with van der Waals surface area (Å²) in [5.74, 6) is 1.90. The minimum Gasteiger partial charge on any atom is -0.485 e. The first-order valence-corrected chi connectivity index (χ1v) is 12.3. The van der Waals surface area contributed by atoms with Crippen LogP contribution >= 0.6 is 0 Å². The van der Waals surface area contributed by atoms with Gasteiger partial charge in [0.05, 0.1) is 11.0 Å². The van der Waals surface area contributed by atoms with Gasteiger partial charge in [-0.05, 0) is 105 Å². The van der Waals surface area contributed by atoms with Crippen molar-refractivity contribution in [2.75, 3.05) is 26.2 Å². The molecule has 0 spiro atoms. The lowest BCUT2D eigenvalue weighted by molar-refractivity contribution is -0.386. The van der Waals surface area contributed by atoms with Crippen LogP contribution in [0.1, 0.15) is 75.3 Å². The van der Waals surface area contributed by atoms with Gasteiger partial charge in [0.15, 0.2) is 5.75 Å². The van der Waals surface area contributed by atoms with E-state index in [1.165, 1.54) is 30.4 Å². The average Bonchev–Trinajstić information content (AvgIpc) is 3.08. The van der Waals surface area contributed by atoms with Gasteiger partial charge in [-0.25, -0.2) is 0 Å². The van der Waals surface area contributed by atoms with Crippen molar-refractivity contribution < 1.29 is 14.8 Å². The second kappa shape index (κ2) is 8.36. The van der Waals surface area contributed by atoms with E-state index in [1.54, 1.807) is 0 Å². The van der Waals surface area contributed by atoms with Gasteiger partial charge < -0.3 is 9.84 Å². The van der Waals surface area contributed by atoms with Crippen molar-refractivity contribution in [2.24, 2.45) is 17.3 Å². The minimum absolute atomic E-state index is 0.0299. The molecule has 1 aromatic carbocycles. The number of aliphatic hydroxyl groups excluding tert-OH is 1. The molecule has 5 rings (SSSR count). The van der Waals surface area contributed by atoms with Gasteiger partial charge in [-0.15, -0.1) is 0 Å². The predicted molar refractivity (Wildman–Crippen MR) is 120 cm³/mol. The second-order valence-electron chi connectivity index (χ2n) is 10.6. The highest BCUT2D eigenvalue weighted by molar-refractivity contribution is 5.54. The summed E-state index contributed by atoms with van der Waals surface area (Å²) in [5, 5.41) is 22.5. The Morgan fingerprint density at radius 2 is 2.00 bits per heavy atom. The molecule has 1 heterocycles. The number of nitro groups is 1. The van der Waals surface area contributed by atoms with Crippen LogP contribution in [0.15, 0.2) is 12.1 Å². The molecule has 0 amide bonds. The summed E-state index contributed by atoms with van der Waals surface area (Å²) in [6, 6.07) is 3.80. The molecule has 5 atom stereocenters. The normalized spacial score (nSPS) is 35.2. The molecule has 6 heteroatoms. The third-order valence-corrected chi connectivity index (χ3v) is 9.06. The minimum atomic E-state index is -0.271. The smallest absolute Gasteiger partial charge is 0.311 e. The summed E-state index contributed by atoms with van der Waals surface area (Å²) in [6.45, 7) is 5.81. The lowest BCUT2D eigenvalue weighted by Crippen LogP contribution is -2.43. The van der Waals surface area contributed by atoms with Crippen LogP contribution < -0.4 is 4.74 Å². The van der Waals surface area contributed by atoms with Crippen LogP contribution in [-0.2, 0) is 6.42 Å². The molecule has 0 bridgehead atoms. The van der Waals surface area contributed by atoms with Crippen molar-refractivity contribution in [1.29, 1.82) is 0 Å². The molecule has 1 aromatic rings. The molecule has 1 aliphatic heterocycles. The lowest BCUT2D eigenvalue weighted by Gasteiger charge is -2.50. The molecule has 31 heavy (non-hydrogen) atoms. The first-order valence-electron chi connectivity index (χ1n) is 12.3. The molecule has 2 saturated carbocycles. The van der Waals surface area contributed by atoms with E-state index in [1.807, 2.05) is 12.1 Å². The molecule has 3 aliphatic carbocycles. The van der Waals surface area contributed by atoms with E-state index in [-0.39, 0.29) is 22.1 Å². The highest BCUT2D eigenvalue weighted by Crippen LogP contribution is 2.61. The Hall–Kier alpha value is -1.66. The van der Waals surface area contributed by atoms with Crippen molar-refractivity contribution in [1.82, 2.24) is 4.90 Å². The van der Waals surface area contributed by atoms with Crippen molar-refractivity contribution in [3.8, 4) is 5.75 Å². The molecule has 170 valence electrons.